The van der Waals surface area contributed by atoms with Crippen molar-refractivity contribution in [3.05, 3.63) is 24.4 Å². The molecule has 0 fully saturated rings. The number of alkyl halides is 3. The van der Waals surface area contributed by atoms with Crippen LogP contribution in [0.5, 0.6) is 0 Å². The van der Waals surface area contributed by atoms with Gasteiger partial charge in [-0.1, -0.05) is 12.1 Å². The van der Waals surface area contributed by atoms with E-state index in [9.17, 15) is 13.2 Å². The van der Waals surface area contributed by atoms with Crippen LogP contribution in [0.3, 0.4) is 0 Å². The molecule has 19 heavy (non-hydrogen) atoms. The summed E-state index contributed by atoms with van der Waals surface area (Å²) < 4.78 is 41.7. The minimum Gasteiger partial charge on any atom is -0.383 e. The highest BCUT2D eigenvalue weighted by molar-refractivity contribution is 5.40. The predicted molar refractivity (Wildman–Crippen MR) is 55.8 cm³/mol. The quantitative estimate of drug-likeness (QED) is 0.914. The molecule has 0 radical (unpaired) electrons. The number of halogens is 3. The Morgan fingerprint density at radius 2 is 1.84 bits per heavy atom. The van der Waals surface area contributed by atoms with Crippen LogP contribution >= 0.6 is 0 Å². The molecule has 2 heterocycles. The van der Waals surface area contributed by atoms with Crippen molar-refractivity contribution < 1.29 is 22.8 Å². The zero-order valence-electron chi connectivity index (χ0n) is 9.66. The summed E-state index contributed by atoms with van der Waals surface area (Å²) in [6.07, 6.45) is -4.45. The van der Waals surface area contributed by atoms with Gasteiger partial charge in [0.2, 0.25) is 17.5 Å². The van der Waals surface area contributed by atoms with Gasteiger partial charge >= 0.3 is 6.18 Å². The number of rotatable bonds is 3. The maximum Gasteiger partial charge on any atom is 0.415 e. The molecule has 0 aliphatic rings. The summed E-state index contributed by atoms with van der Waals surface area (Å²) in [6.45, 7) is 1.14. The fourth-order valence-corrected chi connectivity index (χ4v) is 1.34. The van der Waals surface area contributed by atoms with Gasteiger partial charge in [-0.15, -0.1) is 0 Å². The molecule has 0 bridgehead atoms. The van der Waals surface area contributed by atoms with E-state index in [0.29, 0.717) is 0 Å². The van der Waals surface area contributed by atoms with Crippen LogP contribution < -0.4 is 0 Å². The van der Waals surface area contributed by atoms with E-state index >= 15 is 0 Å². The molecule has 102 valence electrons. The normalized spacial score (nSPS) is 15.2. The highest BCUT2D eigenvalue weighted by atomic mass is 19.4. The molecule has 0 saturated carbocycles. The maximum atomic E-state index is 12.4. The van der Waals surface area contributed by atoms with Crippen molar-refractivity contribution in [1.29, 1.82) is 0 Å². The molecule has 0 amide bonds. The van der Waals surface area contributed by atoms with Gasteiger partial charge in [-0.2, -0.15) is 18.2 Å². The topological polar surface area (TPSA) is 84.9 Å². The van der Waals surface area contributed by atoms with E-state index < -0.39 is 18.2 Å². The van der Waals surface area contributed by atoms with Crippen LogP contribution in [0.2, 0.25) is 0 Å². The molecule has 9 heteroatoms. The highest BCUT2D eigenvalue weighted by Crippen LogP contribution is 2.31. The average Bonchev–Trinajstić information content (AvgIpc) is 2.86. The molecule has 0 spiro atoms. The van der Waals surface area contributed by atoms with Gasteiger partial charge in [0.1, 0.15) is 0 Å². The van der Waals surface area contributed by atoms with Crippen LogP contribution in [0.1, 0.15) is 18.7 Å². The maximum absolute atomic E-state index is 12.4. The lowest BCUT2D eigenvalue weighted by Crippen LogP contribution is -2.33. The second kappa shape index (κ2) is 4.92. The second-order valence-corrected chi connectivity index (χ2v) is 3.80. The van der Waals surface area contributed by atoms with E-state index in [2.05, 4.69) is 20.1 Å². The number of nitrogens with zero attached hydrogens (tertiary/aromatic N) is 4. The van der Waals surface area contributed by atoms with Crippen molar-refractivity contribution in [1.82, 2.24) is 20.1 Å². The molecule has 0 aromatic carbocycles. The monoisotopic (exact) mass is 274 g/mol. The summed E-state index contributed by atoms with van der Waals surface area (Å²) >= 11 is 0. The summed E-state index contributed by atoms with van der Waals surface area (Å²) in [7, 11) is 0. The van der Waals surface area contributed by atoms with E-state index in [1.807, 2.05) is 0 Å². The first-order chi connectivity index (χ1) is 8.89. The van der Waals surface area contributed by atoms with Crippen LogP contribution in [-0.2, 0) is 0 Å². The van der Waals surface area contributed by atoms with Gasteiger partial charge in [0, 0.05) is 12.4 Å². The van der Waals surface area contributed by atoms with E-state index in [1.54, 1.807) is 6.07 Å². The van der Waals surface area contributed by atoms with Crippen LogP contribution in [-0.4, -0.2) is 37.5 Å². The number of aliphatic hydroxyl groups is 1. The van der Waals surface area contributed by atoms with Gasteiger partial charge < -0.3 is 9.63 Å². The Morgan fingerprint density at radius 3 is 2.42 bits per heavy atom. The summed E-state index contributed by atoms with van der Waals surface area (Å²) in [4.78, 5) is 11.4. The van der Waals surface area contributed by atoms with E-state index in [0.717, 1.165) is 6.92 Å². The summed E-state index contributed by atoms with van der Waals surface area (Å²) in [5.41, 5.74) is 0. The molecule has 0 aliphatic heterocycles. The minimum absolute atomic E-state index is 0.0307. The Balaban J connectivity index is 2.22. The van der Waals surface area contributed by atoms with Gasteiger partial charge in [-0.25, -0.2) is 9.97 Å². The molecule has 2 rings (SSSR count). The van der Waals surface area contributed by atoms with Crippen molar-refractivity contribution in [2.24, 2.45) is 0 Å². The Bertz CT molecular complexity index is 543. The lowest BCUT2D eigenvalue weighted by Gasteiger charge is -2.17. The summed E-state index contributed by atoms with van der Waals surface area (Å²) in [6, 6.07) is 1.57. The van der Waals surface area contributed by atoms with Crippen LogP contribution in [0.15, 0.2) is 23.0 Å². The first-order valence-corrected chi connectivity index (χ1v) is 5.25. The first kappa shape index (κ1) is 13.4. The van der Waals surface area contributed by atoms with Crippen molar-refractivity contribution in [2.45, 2.75) is 25.1 Å². The predicted octanol–water partition coefficient (Wildman–Crippen LogP) is 1.55. The molecule has 0 aliphatic carbocycles. The standard InChI is InChI=1S/C10H9F3N4O2/c1-5(6(18)10(11,12)13)9-16-8(17-19-9)7-14-3-2-4-15-7/h2-6,18H,1H3. The van der Waals surface area contributed by atoms with Crippen molar-refractivity contribution in [2.75, 3.05) is 0 Å². The van der Waals surface area contributed by atoms with Crippen molar-refractivity contribution in [3.63, 3.8) is 0 Å². The molecular formula is C10H9F3N4O2. The van der Waals surface area contributed by atoms with Gasteiger partial charge in [-0.3, -0.25) is 0 Å². The Hall–Kier alpha value is -2.03. The number of hydrogen-bond acceptors (Lipinski definition) is 6. The summed E-state index contributed by atoms with van der Waals surface area (Å²) in [5, 5.41) is 12.6. The SMILES string of the molecule is CC(c1nc(-c2ncccn2)no1)C(O)C(F)(F)F. The molecule has 0 saturated heterocycles. The Morgan fingerprint density at radius 1 is 1.21 bits per heavy atom. The third-order valence-corrected chi connectivity index (χ3v) is 2.41. The number of aliphatic hydroxyl groups excluding tert-OH is 1. The first-order valence-electron chi connectivity index (χ1n) is 5.25. The molecule has 2 aromatic heterocycles. The van der Waals surface area contributed by atoms with Crippen molar-refractivity contribution in [3.8, 4) is 11.6 Å². The molecule has 2 aromatic rings. The second-order valence-electron chi connectivity index (χ2n) is 3.80. The highest BCUT2D eigenvalue weighted by Gasteiger charge is 2.44. The smallest absolute Gasteiger partial charge is 0.383 e. The van der Waals surface area contributed by atoms with Gasteiger partial charge in [0.05, 0.1) is 5.92 Å². The lowest BCUT2D eigenvalue weighted by atomic mass is 10.1. The van der Waals surface area contributed by atoms with Gasteiger partial charge in [0.25, 0.3) is 0 Å². The number of aromatic nitrogens is 4. The lowest BCUT2D eigenvalue weighted by molar-refractivity contribution is -0.210. The minimum atomic E-state index is -4.75. The van der Waals surface area contributed by atoms with E-state index in [-0.39, 0.29) is 17.5 Å². The average molecular weight is 274 g/mol. The van der Waals surface area contributed by atoms with Crippen LogP contribution in [0.25, 0.3) is 11.6 Å². The zero-order chi connectivity index (χ0) is 14.0. The molecule has 6 nitrogen and oxygen atoms in total. The largest absolute Gasteiger partial charge is 0.415 e. The van der Waals surface area contributed by atoms with E-state index in [1.165, 1.54) is 12.4 Å². The van der Waals surface area contributed by atoms with E-state index in [4.69, 9.17) is 9.63 Å². The third kappa shape index (κ3) is 2.87. The van der Waals surface area contributed by atoms with Gasteiger partial charge in [-0.05, 0) is 6.07 Å². The molecule has 2 unspecified atom stereocenters. The van der Waals surface area contributed by atoms with Crippen molar-refractivity contribution >= 4 is 0 Å². The zero-order valence-corrected chi connectivity index (χ0v) is 9.66. The fourth-order valence-electron chi connectivity index (χ4n) is 1.34. The molecule has 1 N–H and O–H groups in total. The fraction of sp³-hybridized carbons (Fsp3) is 0.400. The third-order valence-electron chi connectivity index (χ3n) is 2.41. The Kier molecular flexibility index (Phi) is 3.47. The van der Waals surface area contributed by atoms with Crippen LogP contribution in [0, 0.1) is 0 Å². The van der Waals surface area contributed by atoms with Crippen LogP contribution in [0.4, 0.5) is 13.2 Å². The molecular weight excluding hydrogens is 265 g/mol. The Labute approximate surface area is 105 Å². The van der Waals surface area contributed by atoms with Gasteiger partial charge in [0.15, 0.2) is 6.10 Å². The number of hydrogen-bond donors (Lipinski definition) is 1. The summed E-state index contributed by atoms with van der Waals surface area (Å²) in [5.74, 6) is -1.60. The molecule has 2 atom stereocenters.